The molecule has 2 fully saturated rings. The number of methoxy groups -OCH3 is 5. The molecule has 0 aromatic heterocycles. The fourth-order valence-electron chi connectivity index (χ4n) is 7.95. The molecule has 114 heavy (non-hydrogen) atoms. The van der Waals surface area contributed by atoms with E-state index in [1.54, 1.807) is 54.6 Å². The number of nitrogens with one attached hydrogen (secondary N) is 5. The molecule has 5 aromatic carbocycles. The van der Waals surface area contributed by atoms with Gasteiger partial charge in [-0.15, -0.1) is 0 Å². The van der Waals surface area contributed by atoms with Gasteiger partial charge in [0.2, 0.25) is 0 Å². The van der Waals surface area contributed by atoms with Crippen LogP contribution in [0.15, 0.2) is 152 Å². The van der Waals surface area contributed by atoms with Gasteiger partial charge in [-0.25, -0.2) is 38.4 Å². The van der Waals surface area contributed by atoms with Crippen LogP contribution in [-0.4, -0.2) is 219 Å². The van der Waals surface area contributed by atoms with Crippen LogP contribution in [0, 0.1) is 0 Å². The Labute approximate surface area is 650 Å². The highest BCUT2D eigenvalue weighted by Crippen LogP contribution is 2.11. The maximum absolute atomic E-state index is 11.6. The van der Waals surface area contributed by atoms with Crippen LogP contribution in [-0.2, 0) is 147 Å². The third-order valence-corrected chi connectivity index (χ3v) is 13.8. The molecule has 2 aliphatic heterocycles. The summed E-state index contributed by atoms with van der Waals surface area (Å²) in [4.78, 5) is 185. The zero-order valence-corrected chi connectivity index (χ0v) is 62.1. The van der Waals surface area contributed by atoms with Gasteiger partial charge in [0.15, 0.2) is 0 Å². The fourth-order valence-corrected chi connectivity index (χ4v) is 7.95. The quantitative estimate of drug-likeness (QED) is 0.0179. The van der Waals surface area contributed by atoms with E-state index in [4.69, 9.17) is 65.4 Å². The molecule has 5 amide bonds. The average Bonchev–Trinajstić information content (AvgIpc) is 1.72. The first-order valence-electron chi connectivity index (χ1n) is 33.4. The third kappa shape index (κ3) is 47.2. The lowest BCUT2D eigenvalue weighted by Crippen LogP contribution is -2.43. The van der Waals surface area contributed by atoms with E-state index >= 15 is 0 Å². The molecule has 620 valence electrons. The number of ether oxygens (including phenoxy) is 12. The Kier molecular flexibility index (Phi) is 49.3. The van der Waals surface area contributed by atoms with Crippen molar-refractivity contribution < 1.29 is 164 Å². The first-order valence-corrected chi connectivity index (χ1v) is 33.4. The fraction of sp³-hybridized carbons (Fsp3) is 0.356. The summed E-state index contributed by atoms with van der Waals surface area (Å²) in [5.41, 5.74) is 14.2. The molecular formula is C73H89N7O34. The highest BCUT2D eigenvalue weighted by Gasteiger charge is 2.35. The number of esters is 8. The summed E-state index contributed by atoms with van der Waals surface area (Å²) >= 11 is 0. The number of carboxylic acid groups (broad SMARTS) is 4. The van der Waals surface area contributed by atoms with Gasteiger partial charge in [-0.05, 0) is 27.8 Å². The Morgan fingerprint density at radius 3 is 1.08 bits per heavy atom. The summed E-state index contributed by atoms with van der Waals surface area (Å²) < 4.78 is 55.6. The Morgan fingerprint density at radius 1 is 0.404 bits per heavy atom. The first kappa shape index (κ1) is 98.2. The van der Waals surface area contributed by atoms with Crippen molar-refractivity contribution in [2.45, 2.75) is 120 Å². The van der Waals surface area contributed by atoms with Crippen LogP contribution in [0.2, 0.25) is 0 Å². The highest BCUT2D eigenvalue weighted by atomic mass is 16.6. The van der Waals surface area contributed by atoms with Crippen LogP contribution in [0.5, 0.6) is 0 Å². The number of alkyl carbamates (subject to hydrolysis) is 5. The minimum atomic E-state index is -1.51. The second-order valence-electron chi connectivity index (χ2n) is 22.6. The van der Waals surface area contributed by atoms with Gasteiger partial charge in [-0.2, -0.15) is 0 Å². The predicted molar refractivity (Wildman–Crippen MR) is 386 cm³/mol. The molecule has 7 rings (SSSR count). The molecule has 2 unspecified atom stereocenters. The lowest BCUT2D eigenvalue weighted by atomic mass is 10.2. The van der Waals surface area contributed by atoms with Crippen LogP contribution in [0.1, 0.15) is 72.8 Å². The van der Waals surface area contributed by atoms with Gasteiger partial charge in [-0.3, -0.25) is 43.2 Å². The highest BCUT2D eigenvalue weighted by molar-refractivity contribution is 5.98. The number of aliphatic carboxylic acids is 4. The van der Waals surface area contributed by atoms with Crippen molar-refractivity contribution in [3.05, 3.63) is 179 Å². The van der Waals surface area contributed by atoms with Crippen LogP contribution in [0.3, 0.4) is 0 Å². The Bertz CT molecular complexity index is 3860. The number of aliphatic hydroxyl groups is 1. The van der Waals surface area contributed by atoms with Crippen LogP contribution >= 0.6 is 0 Å². The normalized spacial score (nSPS) is 13.7. The summed E-state index contributed by atoms with van der Waals surface area (Å²) in [5.74, 6) is -9.99. The summed E-state index contributed by atoms with van der Waals surface area (Å²) in [6.45, 7) is 0.333. The van der Waals surface area contributed by atoms with Crippen LogP contribution < -0.4 is 38.1 Å². The minimum absolute atomic E-state index is 0.0217. The van der Waals surface area contributed by atoms with Crippen molar-refractivity contribution in [3.8, 4) is 0 Å². The van der Waals surface area contributed by atoms with E-state index in [1.165, 1.54) is 28.4 Å². The first-order chi connectivity index (χ1) is 54.2. The lowest BCUT2D eigenvalue weighted by Gasteiger charge is -2.15. The van der Waals surface area contributed by atoms with Gasteiger partial charge >= 0.3 is 102 Å². The standard InChI is InChI=1S/C14H17NO6.C13H17NO5.C12H13NO6.C12H11NO5.C12H13NO4.C6H11NO4.C4H7NO4/c1-19-12(16)8-11(13(17)20-2)15-14(18)21-9-10-6-4-3-5-7-10;1-18-12(16)7-11(8-15)14-13(17)19-9-10-5-3-2-4-6-10;14-10(15)6-9(11(16)17)13-12(18)19-7-8-4-2-1-3-5-8;14-10-6-9(11(15)18-10)13-12(16)17-7-8-4-2-1-3-5-8;14-11-6-10(8-16-11)13-12(15)17-7-9-4-2-1-3-5-9;1-10-5(8)3-4(7)6(9)11-2;5-2(4(8)9)1-3(6)7/h3-7,11H,8-9H2,1-2H3,(H,15,18);2-6,11,15H,7-9H2,1H3,(H,14,17);1-5,9H,6-7H2,(H,13,18)(H,14,15)(H,16,17);1-5,9H,6-7H2,(H,13,16);1-5,10H,6-8H2,(H,13,15);4H,3,7H2,1-2H3;2H,1,5H2,(H,6,7)(H,8,9)/t2*11-;9-;;;4-;2-/m000..00/s1. The number of rotatable bonds is 30. The largest absolute Gasteiger partial charge is 0.481 e. The van der Waals surface area contributed by atoms with Crippen molar-refractivity contribution in [2.24, 2.45) is 11.5 Å². The molecule has 2 aliphatic rings. The molecule has 0 bridgehead atoms. The number of aliphatic hydroxyl groups excluding tert-OH is 1. The van der Waals surface area contributed by atoms with Gasteiger partial charge in [0.05, 0.1) is 99.2 Å². The van der Waals surface area contributed by atoms with Gasteiger partial charge in [0.1, 0.15) is 69.9 Å². The van der Waals surface area contributed by atoms with Crippen molar-refractivity contribution in [1.82, 2.24) is 26.6 Å². The second kappa shape index (κ2) is 57.3. The van der Waals surface area contributed by atoms with Crippen molar-refractivity contribution in [2.75, 3.05) is 48.8 Å². The lowest BCUT2D eigenvalue weighted by molar-refractivity contribution is -0.153. The molecule has 14 N–H and O–H groups in total. The molecule has 2 saturated heterocycles. The van der Waals surface area contributed by atoms with E-state index < -0.39 is 145 Å². The molecule has 41 nitrogen and oxygen atoms in total. The van der Waals surface area contributed by atoms with Gasteiger partial charge in [0, 0.05) is 0 Å². The maximum Gasteiger partial charge on any atom is 0.408 e. The maximum atomic E-state index is 11.6. The Morgan fingerprint density at radius 2 is 0.763 bits per heavy atom. The molecule has 0 radical (unpaired) electrons. The number of carboxylic acids is 4. The zero-order chi connectivity index (χ0) is 85.3. The molecule has 41 heteroatoms. The SMILES string of the molecule is COC(=O)C[C@@H](CO)NC(=O)OCc1ccccc1.COC(=O)C[C@H](N)C(=O)OC.COC(=O)C[C@H](NC(=O)OCc1ccccc1)C(=O)OC.N[C@@H](CC(=O)O)C(=O)O.O=C(O)C[C@H](NC(=O)OCc1ccccc1)C(=O)O.O=C1CC(NC(=O)OCc2ccccc2)C(=O)O1.O=C1CC(NC(=O)OCc2ccccc2)CO1. The number of hydrogen-bond acceptors (Lipinski definition) is 32. The molecule has 7 atom stereocenters. The van der Waals surface area contributed by atoms with Crippen molar-refractivity contribution >= 4 is 102 Å². The monoisotopic (exact) mass is 1610 g/mol. The van der Waals surface area contributed by atoms with Crippen molar-refractivity contribution in [3.63, 3.8) is 0 Å². The minimum Gasteiger partial charge on any atom is -0.481 e. The van der Waals surface area contributed by atoms with E-state index in [0.717, 1.165) is 34.9 Å². The topological polar surface area (TPSA) is 614 Å². The number of carbonyl (C=O) groups excluding carboxylic acids is 13. The smallest absolute Gasteiger partial charge is 0.408 e. The summed E-state index contributed by atoms with van der Waals surface area (Å²) in [7, 11) is 6.02. The third-order valence-electron chi connectivity index (χ3n) is 13.8. The average molecular weight is 1610 g/mol. The number of nitrogens with two attached hydrogens (primary N) is 2. The number of hydrogen-bond donors (Lipinski definition) is 12. The summed E-state index contributed by atoms with van der Waals surface area (Å²) in [6.07, 6.45) is -5.54. The predicted octanol–water partition coefficient (Wildman–Crippen LogP) is 2.60. The number of carbonyl (C=O) groups is 17. The zero-order valence-electron chi connectivity index (χ0n) is 62.1. The van der Waals surface area contributed by atoms with Crippen LogP contribution in [0.25, 0.3) is 0 Å². The van der Waals surface area contributed by atoms with E-state index in [1.807, 2.05) is 102 Å². The number of amides is 5. The molecule has 0 saturated carbocycles. The van der Waals surface area contributed by atoms with E-state index in [-0.39, 0.29) is 90.4 Å². The Hall–Kier alpha value is -13.8. The van der Waals surface area contributed by atoms with E-state index in [0.29, 0.717) is 0 Å². The van der Waals surface area contributed by atoms with Gasteiger partial charge in [0.25, 0.3) is 0 Å². The molecule has 0 aliphatic carbocycles. The molecule has 2 heterocycles. The number of cyclic esters (lactones) is 3. The molecule has 5 aromatic rings. The summed E-state index contributed by atoms with van der Waals surface area (Å²) in [6, 6.07) is 38.7. The van der Waals surface area contributed by atoms with Gasteiger partial charge in [-0.1, -0.05) is 152 Å². The second-order valence-corrected chi connectivity index (χ2v) is 22.6. The van der Waals surface area contributed by atoms with Crippen LogP contribution in [0.4, 0.5) is 24.0 Å². The Balaban J connectivity index is 0.000000674. The summed E-state index contributed by atoms with van der Waals surface area (Å²) in [5, 5.41) is 53.8. The van der Waals surface area contributed by atoms with Gasteiger partial charge < -0.3 is 120 Å². The molecule has 0 spiro atoms. The number of benzene rings is 5. The van der Waals surface area contributed by atoms with E-state index in [9.17, 15) is 81.5 Å². The van der Waals surface area contributed by atoms with E-state index in [2.05, 4.69) is 49.7 Å². The van der Waals surface area contributed by atoms with Crippen molar-refractivity contribution in [1.29, 1.82) is 0 Å². The molecular weight excluding hydrogens is 1520 g/mol.